The van der Waals surface area contributed by atoms with Crippen molar-refractivity contribution in [2.75, 3.05) is 13.7 Å². The van der Waals surface area contributed by atoms with Crippen molar-refractivity contribution in [2.24, 2.45) is 0 Å². The lowest BCUT2D eigenvalue weighted by atomic mass is 10.1. The summed E-state index contributed by atoms with van der Waals surface area (Å²) in [5, 5.41) is 8.97. The summed E-state index contributed by atoms with van der Waals surface area (Å²) in [6, 6.07) is 9.87. The second-order valence-corrected chi connectivity index (χ2v) is 8.96. The van der Waals surface area contributed by atoms with Crippen molar-refractivity contribution in [1.82, 2.24) is 24.9 Å². The number of nitrogens with one attached hydrogen (secondary N) is 2. The number of H-pyrrole nitrogens is 1. The van der Waals surface area contributed by atoms with Crippen LogP contribution in [0, 0.1) is 0 Å². The molecule has 2 N–H and O–H groups in total. The van der Waals surface area contributed by atoms with Gasteiger partial charge in [-0.3, -0.25) is 4.79 Å². The van der Waals surface area contributed by atoms with Gasteiger partial charge in [-0.2, -0.15) is 18.3 Å². The Balaban J connectivity index is 1.42. The van der Waals surface area contributed by atoms with Crippen LogP contribution in [0.2, 0.25) is 5.02 Å². The summed E-state index contributed by atoms with van der Waals surface area (Å²) in [6.45, 7) is 0.215. The van der Waals surface area contributed by atoms with Gasteiger partial charge in [-0.1, -0.05) is 17.7 Å². The lowest BCUT2D eigenvalue weighted by Crippen LogP contribution is -2.26. The van der Waals surface area contributed by atoms with Gasteiger partial charge in [0.05, 0.1) is 17.7 Å². The highest BCUT2D eigenvalue weighted by Gasteiger charge is 2.36. The summed E-state index contributed by atoms with van der Waals surface area (Å²) in [6.07, 6.45) is -2.43. The number of nitrogens with zero attached hydrogens (tertiary/aromatic N) is 3. The molecule has 7 nitrogen and oxygen atoms in total. The molecular weight excluding hydrogens is 503 g/mol. The highest BCUT2D eigenvalue weighted by Crippen LogP contribution is 2.35. The van der Waals surface area contributed by atoms with Gasteiger partial charge in [-0.15, -0.1) is 11.3 Å². The van der Waals surface area contributed by atoms with Gasteiger partial charge in [0, 0.05) is 23.6 Å². The first-order valence-electron chi connectivity index (χ1n) is 10.4. The quantitative estimate of drug-likeness (QED) is 0.306. The molecule has 0 aliphatic rings. The first-order valence-corrected chi connectivity index (χ1v) is 11.6. The van der Waals surface area contributed by atoms with E-state index in [1.807, 2.05) is 24.4 Å². The molecule has 0 radical (unpaired) electrons. The zero-order valence-electron chi connectivity index (χ0n) is 18.1. The number of hydrogen-bond acceptors (Lipinski definition) is 5. The fraction of sp³-hybridized carbons (Fsp3) is 0.174. The Morgan fingerprint density at radius 1 is 1.29 bits per heavy atom. The van der Waals surface area contributed by atoms with Crippen LogP contribution in [0.1, 0.15) is 21.7 Å². The van der Waals surface area contributed by atoms with E-state index in [-0.39, 0.29) is 28.6 Å². The first-order chi connectivity index (χ1) is 16.8. The van der Waals surface area contributed by atoms with Gasteiger partial charge in [0.15, 0.2) is 17.0 Å². The number of halogens is 4. The summed E-state index contributed by atoms with van der Waals surface area (Å²) in [5.74, 6) is 0.0116. The summed E-state index contributed by atoms with van der Waals surface area (Å²) in [5.41, 5.74) is 0.333. The minimum atomic E-state index is -4.73. The van der Waals surface area contributed by atoms with Crippen LogP contribution in [0.15, 0.2) is 48.0 Å². The molecule has 4 aromatic heterocycles. The Bertz CT molecular complexity index is 1540. The lowest BCUT2D eigenvalue weighted by molar-refractivity contribution is -0.142. The van der Waals surface area contributed by atoms with Gasteiger partial charge in [0.1, 0.15) is 10.8 Å². The van der Waals surface area contributed by atoms with Gasteiger partial charge in [-0.25, -0.2) is 9.50 Å². The van der Waals surface area contributed by atoms with E-state index in [9.17, 15) is 18.0 Å². The van der Waals surface area contributed by atoms with Crippen molar-refractivity contribution in [2.45, 2.75) is 12.6 Å². The van der Waals surface area contributed by atoms with Crippen LogP contribution in [-0.2, 0) is 12.6 Å². The van der Waals surface area contributed by atoms with Crippen molar-refractivity contribution >= 4 is 45.4 Å². The molecule has 180 valence electrons. The van der Waals surface area contributed by atoms with Gasteiger partial charge >= 0.3 is 6.18 Å². The number of fused-ring (bicyclic) bond motifs is 2. The number of amides is 1. The molecule has 1 aromatic carbocycles. The number of benzene rings is 1. The zero-order valence-corrected chi connectivity index (χ0v) is 19.7. The number of aromatic nitrogens is 4. The molecular formula is C23H17ClF3N5O2S. The molecule has 1 amide bonds. The highest BCUT2D eigenvalue weighted by atomic mass is 35.5. The Kier molecular flexibility index (Phi) is 5.89. The smallest absolute Gasteiger partial charge is 0.433 e. The number of carbonyl (C=O) groups excluding carboxylic acids is 1. The number of alkyl halides is 3. The fourth-order valence-corrected chi connectivity index (χ4v) is 4.71. The standard InChI is InChI=1S/C23H17ClF3N5O2S/c1-34-13-4-5-15-14(9-13)12(11-29-15)6-7-28-22(33)20-19(24)21-30-16(17-3-2-8-35-17)10-18(23(25,26)27)32(21)31-20/h2-5,8-11,29H,6-7H2,1H3,(H,28,33). The zero-order chi connectivity index (χ0) is 24.7. The second-order valence-electron chi connectivity index (χ2n) is 7.63. The van der Waals surface area contributed by atoms with Crippen LogP contribution in [-0.4, -0.2) is 39.1 Å². The molecule has 5 aromatic rings. The van der Waals surface area contributed by atoms with Crippen molar-refractivity contribution in [3.63, 3.8) is 0 Å². The summed E-state index contributed by atoms with van der Waals surface area (Å²) >= 11 is 7.55. The Morgan fingerprint density at radius 2 is 2.11 bits per heavy atom. The van der Waals surface area contributed by atoms with Crippen LogP contribution in [0.25, 0.3) is 27.1 Å². The molecule has 0 saturated heterocycles. The van der Waals surface area contributed by atoms with Crippen molar-refractivity contribution in [3.05, 3.63) is 69.9 Å². The summed E-state index contributed by atoms with van der Waals surface area (Å²) in [4.78, 5) is 20.7. The van der Waals surface area contributed by atoms with Crippen LogP contribution >= 0.6 is 22.9 Å². The van der Waals surface area contributed by atoms with Gasteiger partial charge in [-0.05, 0) is 47.7 Å². The number of rotatable bonds is 6. The molecule has 0 spiro atoms. The largest absolute Gasteiger partial charge is 0.497 e. The maximum Gasteiger partial charge on any atom is 0.433 e. The molecule has 5 rings (SSSR count). The van der Waals surface area contributed by atoms with E-state index in [0.717, 1.165) is 22.5 Å². The minimum Gasteiger partial charge on any atom is -0.497 e. The predicted octanol–water partition coefficient (Wildman–Crippen LogP) is 5.59. The maximum atomic E-state index is 13.8. The third-order valence-electron chi connectivity index (χ3n) is 5.47. The fourth-order valence-electron chi connectivity index (χ4n) is 3.77. The van der Waals surface area contributed by atoms with E-state index in [0.29, 0.717) is 21.6 Å². The topological polar surface area (TPSA) is 84.3 Å². The van der Waals surface area contributed by atoms with Crippen molar-refractivity contribution in [1.29, 1.82) is 0 Å². The monoisotopic (exact) mass is 519 g/mol. The molecule has 0 unspecified atom stereocenters. The molecule has 0 fully saturated rings. The van der Waals surface area contributed by atoms with E-state index in [4.69, 9.17) is 16.3 Å². The molecule has 0 bridgehead atoms. The Labute approximate surface area is 205 Å². The molecule has 0 saturated carbocycles. The van der Waals surface area contributed by atoms with Crippen LogP contribution < -0.4 is 10.1 Å². The Hall–Kier alpha value is -3.57. The molecule has 35 heavy (non-hydrogen) atoms. The van der Waals surface area contributed by atoms with Crippen molar-refractivity contribution < 1.29 is 22.7 Å². The molecule has 0 atom stereocenters. The van der Waals surface area contributed by atoms with Crippen LogP contribution in [0.4, 0.5) is 13.2 Å². The van der Waals surface area contributed by atoms with Crippen LogP contribution in [0.3, 0.4) is 0 Å². The van der Waals surface area contributed by atoms with Gasteiger partial charge in [0.25, 0.3) is 5.91 Å². The highest BCUT2D eigenvalue weighted by molar-refractivity contribution is 7.13. The second kappa shape index (κ2) is 8.90. The third-order valence-corrected chi connectivity index (χ3v) is 6.71. The van der Waals surface area contributed by atoms with Gasteiger partial charge in [0.2, 0.25) is 0 Å². The van der Waals surface area contributed by atoms with Crippen molar-refractivity contribution in [3.8, 4) is 16.3 Å². The van der Waals surface area contributed by atoms with E-state index in [1.54, 1.807) is 24.6 Å². The first kappa shape index (κ1) is 23.2. The van der Waals surface area contributed by atoms with E-state index < -0.39 is 17.8 Å². The van der Waals surface area contributed by atoms with Crippen LogP contribution in [0.5, 0.6) is 5.75 Å². The molecule has 12 heteroatoms. The van der Waals surface area contributed by atoms with E-state index >= 15 is 0 Å². The van der Waals surface area contributed by atoms with E-state index in [2.05, 4.69) is 20.4 Å². The molecule has 4 heterocycles. The summed E-state index contributed by atoms with van der Waals surface area (Å²) < 4.78 is 47.2. The average Bonchev–Trinajstić information content (AvgIpc) is 3.57. The number of aromatic amines is 1. The number of carbonyl (C=O) groups is 1. The number of thiophene rings is 1. The summed E-state index contributed by atoms with van der Waals surface area (Å²) in [7, 11) is 1.58. The number of hydrogen-bond donors (Lipinski definition) is 2. The average molecular weight is 520 g/mol. The number of methoxy groups -OCH3 is 1. The minimum absolute atomic E-state index is 0.100. The normalized spacial score (nSPS) is 11.9. The predicted molar refractivity (Wildman–Crippen MR) is 127 cm³/mol. The van der Waals surface area contributed by atoms with Gasteiger partial charge < -0.3 is 15.0 Å². The Morgan fingerprint density at radius 3 is 2.83 bits per heavy atom. The number of ether oxygens (including phenoxy) is 1. The van der Waals surface area contributed by atoms with E-state index in [1.165, 1.54) is 11.3 Å². The SMILES string of the molecule is COc1ccc2[nH]cc(CCNC(=O)c3nn4c(C(F)(F)F)cc(-c5cccs5)nc4c3Cl)c2c1. The third kappa shape index (κ3) is 4.32. The molecule has 0 aliphatic carbocycles. The lowest BCUT2D eigenvalue weighted by Gasteiger charge is -2.10. The maximum absolute atomic E-state index is 13.8. The molecule has 0 aliphatic heterocycles.